The maximum absolute atomic E-state index is 13.6. The van der Waals surface area contributed by atoms with Gasteiger partial charge in [-0.3, -0.25) is 0 Å². The van der Waals surface area contributed by atoms with Crippen LogP contribution in [-0.2, 0) is 0 Å². The second kappa shape index (κ2) is 5.22. The SMILES string of the molecule is Fc1ccccc1C1CC(Nc2ccc(Cl)cc2)C1. The van der Waals surface area contributed by atoms with Crippen LogP contribution in [0, 0.1) is 5.82 Å². The number of anilines is 1. The first-order valence-electron chi connectivity index (χ1n) is 6.49. The Bertz CT molecular complexity index is 561. The molecule has 3 rings (SSSR count). The Morgan fingerprint density at radius 1 is 1.00 bits per heavy atom. The van der Waals surface area contributed by atoms with Gasteiger partial charge < -0.3 is 5.32 Å². The maximum Gasteiger partial charge on any atom is 0.126 e. The van der Waals surface area contributed by atoms with Gasteiger partial charge in [-0.05, 0) is 54.7 Å². The van der Waals surface area contributed by atoms with Crippen molar-refractivity contribution in [3.8, 4) is 0 Å². The fraction of sp³-hybridized carbons (Fsp3) is 0.250. The Balaban J connectivity index is 1.58. The molecule has 0 radical (unpaired) electrons. The molecule has 19 heavy (non-hydrogen) atoms. The number of benzene rings is 2. The molecule has 0 amide bonds. The smallest absolute Gasteiger partial charge is 0.126 e. The Hall–Kier alpha value is -1.54. The molecule has 1 aliphatic carbocycles. The third-order valence-electron chi connectivity index (χ3n) is 3.70. The largest absolute Gasteiger partial charge is 0.382 e. The van der Waals surface area contributed by atoms with Crippen LogP contribution in [0.3, 0.4) is 0 Å². The molecule has 1 saturated carbocycles. The molecule has 1 fully saturated rings. The number of rotatable bonds is 3. The van der Waals surface area contributed by atoms with Gasteiger partial charge in [-0.15, -0.1) is 0 Å². The second-order valence-electron chi connectivity index (χ2n) is 5.04. The zero-order valence-corrected chi connectivity index (χ0v) is 11.2. The van der Waals surface area contributed by atoms with Crippen molar-refractivity contribution in [1.29, 1.82) is 0 Å². The third-order valence-corrected chi connectivity index (χ3v) is 3.95. The number of halogens is 2. The average Bonchev–Trinajstić information content (AvgIpc) is 2.37. The Morgan fingerprint density at radius 2 is 1.68 bits per heavy atom. The van der Waals surface area contributed by atoms with Gasteiger partial charge in [0.05, 0.1) is 0 Å². The molecule has 2 aromatic rings. The van der Waals surface area contributed by atoms with Gasteiger partial charge in [-0.25, -0.2) is 4.39 Å². The van der Waals surface area contributed by atoms with E-state index in [-0.39, 0.29) is 5.82 Å². The highest BCUT2D eigenvalue weighted by atomic mass is 35.5. The van der Waals surface area contributed by atoms with Crippen molar-refractivity contribution >= 4 is 17.3 Å². The topological polar surface area (TPSA) is 12.0 Å². The first kappa shape index (κ1) is 12.5. The summed E-state index contributed by atoms with van der Waals surface area (Å²) < 4.78 is 13.6. The standard InChI is InChI=1S/C16H15ClFN/c17-12-5-7-13(8-6-12)19-14-9-11(10-14)15-3-1-2-4-16(15)18/h1-8,11,14,19H,9-10H2. The summed E-state index contributed by atoms with van der Waals surface area (Å²) in [7, 11) is 0. The van der Waals surface area contributed by atoms with E-state index in [1.165, 1.54) is 6.07 Å². The van der Waals surface area contributed by atoms with Gasteiger partial charge in [0, 0.05) is 16.8 Å². The van der Waals surface area contributed by atoms with E-state index in [1.54, 1.807) is 6.07 Å². The Kier molecular flexibility index (Phi) is 3.43. The van der Waals surface area contributed by atoms with Crippen molar-refractivity contribution in [2.75, 3.05) is 5.32 Å². The summed E-state index contributed by atoms with van der Waals surface area (Å²) in [6.07, 6.45) is 1.95. The molecular formula is C16H15ClFN. The van der Waals surface area contributed by atoms with Gasteiger partial charge in [-0.1, -0.05) is 29.8 Å². The van der Waals surface area contributed by atoms with E-state index in [4.69, 9.17) is 11.6 Å². The monoisotopic (exact) mass is 275 g/mol. The van der Waals surface area contributed by atoms with Crippen LogP contribution in [0.1, 0.15) is 24.3 Å². The highest BCUT2D eigenvalue weighted by molar-refractivity contribution is 6.30. The minimum absolute atomic E-state index is 0.0857. The minimum atomic E-state index is -0.0857. The quantitative estimate of drug-likeness (QED) is 0.845. The summed E-state index contributed by atoms with van der Waals surface area (Å²) in [5.74, 6) is 0.253. The lowest BCUT2D eigenvalue weighted by atomic mass is 9.75. The molecule has 3 heteroatoms. The lowest BCUT2D eigenvalue weighted by Crippen LogP contribution is -2.34. The predicted octanol–water partition coefficient (Wildman–Crippen LogP) is 4.84. The number of hydrogen-bond acceptors (Lipinski definition) is 1. The van der Waals surface area contributed by atoms with Crippen molar-refractivity contribution in [3.05, 3.63) is 64.9 Å². The zero-order chi connectivity index (χ0) is 13.2. The van der Waals surface area contributed by atoms with Gasteiger partial charge >= 0.3 is 0 Å². The molecule has 0 bridgehead atoms. The van der Waals surface area contributed by atoms with Crippen molar-refractivity contribution in [2.24, 2.45) is 0 Å². The molecule has 0 aliphatic heterocycles. The first-order valence-corrected chi connectivity index (χ1v) is 6.86. The Morgan fingerprint density at radius 3 is 2.37 bits per heavy atom. The summed E-state index contributed by atoms with van der Waals surface area (Å²) >= 11 is 5.85. The van der Waals surface area contributed by atoms with E-state index >= 15 is 0 Å². The van der Waals surface area contributed by atoms with Crippen molar-refractivity contribution < 1.29 is 4.39 Å². The van der Waals surface area contributed by atoms with Crippen molar-refractivity contribution in [3.63, 3.8) is 0 Å². The number of hydrogen-bond donors (Lipinski definition) is 1. The van der Waals surface area contributed by atoms with Crippen LogP contribution in [0.25, 0.3) is 0 Å². The second-order valence-corrected chi connectivity index (χ2v) is 5.47. The molecule has 0 unspecified atom stereocenters. The lowest BCUT2D eigenvalue weighted by Gasteiger charge is -2.37. The molecule has 2 aromatic carbocycles. The normalized spacial score (nSPS) is 21.8. The molecule has 0 spiro atoms. The molecule has 0 aromatic heterocycles. The average molecular weight is 276 g/mol. The summed E-state index contributed by atoms with van der Waals surface area (Å²) in [6, 6.07) is 15.2. The van der Waals surface area contributed by atoms with Crippen molar-refractivity contribution in [1.82, 2.24) is 0 Å². The minimum Gasteiger partial charge on any atom is -0.382 e. The molecule has 1 aliphatic rings. The summed E-state index contributed by atoms with van der Waals surface area (Å²) in [5.41, 5.74) is 1.91. The van der Waals surface area contributed by atoms with E-state index in [0.29, 0.717) is 12.0 Å². The van der Waals surface area contributed by atoms with E-state index < -0.39 is 0 Å². The molecule has 0 saturated heterocycles. The van der Waals surface area contributed by atoms with Crippen LogP contribution in [0.2, 0.25) is 5.02 Å². The molecule has 1 nitrogen and oxygen atoms in total. The Labute approximate surface area is 117 Å². The van der Waals surface area contributed by atoms with Crippen LogP contribution < -0.4 is 5.32 Å². The highest BCUT2D eigenvalue weighted by Crippen LogP contribution is 2.39. The van der Waals surface area contributed by atoms with Gasteiger partial charge in [0.2, 0.25) is 0 Å². The molecular weight excluding hydrogens is 261 g/mol. The third kappa shape index (κ3) is 2.74. The van der Waals surface area contributed by atoms with E-state index in [0.717, 1.165) is 29.1 Å². The van der Waals surface area contributed by atoms with Crippen LogP contribution in [0.15, 0.2) is 48.5 Å². The number of nitrogens with one attached hydrogen (secondary N) is 1. The van der Waals surface area contributed by atoms with Crippen LogP contribution in [-0.4, -0.2) is 6.04 Å². The van der Waals surface area contributed by atoms with E-state index in [1.807, 2.05) is 36.4 Å². The first-order chi connectivity index (χ1) is 9.22. The fourth-order valence-corrected chi connectivity index (χ4v) is 2.70. The molecule has 0 atom stereocenters. The molecule has 0 heterocycles. The van der Waals surface area contributed by atoms with Gasteiger partial charge in [0.25, 0.3) is 0 Å². The molecule has 1 N–H and O–H groups in total. The lowest BCUT2D eigenvalue weighted by molar-refractivity contribution is 0.363. The zero-order valence-electron chi connectivity index (χ0n) is 10.4. The summed E-state index contributed by atoms with van der Waals surface area (Å²) in [6.45, 7) is 0. The summed E-state index contributed by atoms with van der Waals surface area (Å²) in [5, 5.41) is 4.18. The van der Waals surface area contributed by atoms with E-state index in [2.05, 4.69) is 5.32 Å². The fourth-order valence-electron chi connectivity index (χ4n) is 2.58. The van der Waals surface area contributed by atoms with Crippen LogP contribution in [0.4, 0.5) is 10.1 Å². The van der Waals surface area contributed by atoms with Crippen LogP contribution >= 0.6 is 11.6 Å². The van der Waals surface area contributed by atoms with Crippen LogP contribution in [0.5, 0.6) is 0 Å². The summed E-state index contributed by atoms with van der Waals surface area (Å²) in [4.78, 5) is 0. The van der Waals surface area contributed by atoms with Gasteiger partial charge in [0.1, 0.15) is 5.82 Å². The van der Waals surface area contributed by atoms with Crippen molar-refractivity contribution in [2.45, 2.75) is 24.8 Å². The van der Waals surface area contributed by atoms with E-state index in [9.17, 15) is 4.39 Å². The predicted molar refractivity (Wildman–Crippen MR) is 77.2 cm³/mol. The maximum atomic E-state index is 13.6. The van der Waals surface area contributed by atoms with Gasteiger partial charge in [0.15, 0.2) is 0 Å². The highest BCUT2D eigenvalue weighted by Gasteiger charge is 2.31. The van der Waals surface area contributed by atoms with Gasteiger partial charge in [-0.2, -0.15) is 0 Å². The molecule has 98 valence electrons.